The summed E-state index contributed by atoms with van der Waals surface area (Å²) >= 11 is 0. The van der Waals surface area contributed by atoms with E-state index in [0.29, 0.717) is 13.2 Å². The van der Waals surface area contributed by atoms with Gasteiger partial charge in [-0.25, -0.2) is 5.01 Å². The lowest BCUT2D eigenvalue weighted by Crippen LogP contribution is -2.49. The summed E-state index contributed by atoms with van der Waals surface area (Å²) in [5.41, 5.74) is 2.14. The maximum Gasteiger partial charge on any atom is 0.246 e. The summed E-state index contributed by atoms with van der Waals surface area (Å²) in [6.07, 6.45) is 8.90. The Labute approximate surface area is 168 Å². The molecule has 1 aromatic rings. The van der Waals surface area contributed by atoms with Gasteiger partial charge in [-0.05, 0) is 57.7 Å². The van der Waals surface area contributed by atoms with Crippen molar-refractivity contribution < 1.29 is 14.3 Å². The van der Waals surface area contributed by atoms with Crippen molar-refractivity contribution in [2.75, 3.05) is 13.2 Å². The number of hydrogen-bond acceptors (Lipinski definition) is 4. The molecular weight excluding hydrogens is 352 g/mol. The Morgan fingerprint density at radius 1 is 0.929 bits per heavy atom. The lowest BCUT2D eigenvalue weighted by atomic mass is 9.73. The van der Waals surface area contributed by atoms with E-state index in [1.54, 1.807) is 0 Å². The summed E-state index contributed by atoms with van der Waals surface area (Å²) in [5, 5.41) is 6.83. The molecule has 28 heavy (non-hydrogen) atoms. The van der Waals surface area contributed by atoms with Crippen molar-refractivity contribution in [2.24, 2.45) is 16.9 Å². The molecule has 5 nitrogen and oxygen atoms in total. The van der Waals surface area contributed by atoms with Crippen LogP contribution in [0.2, 0.25) is 0 Å². The molecule has 3 aliphatic rings. The minimum Gasteiger partial charge on any atom is -0.490 e. The van der Waals surface area contributed by atoms with E-state index in [9.17, 15) is 4.79 Å². The number of rotatable bonds is 6. The molecule has 4 rings (SSSR count). The highest BCUT2D eigenvalue weighted by molar-refractivity contribution is 6.07. The highest BCUT2D eigenvalue weighted by atomic mass is 16.5. The molecule has 0 bridgehead atoms. The van der Waals surface area contributed by atoms with Gasteiger partial charge in [-0.2, -0.15) is 5.10 Å². The fourth-order valence-electron chi connectivity index (χ4n) is 5.06. The van der Waals surface area contributed by atoms with Gasteiger partial charge in [-0.1, -0.05) is 25.7 Å². The molecular formula is C23H32N2O3. The molecule has 0 aromatic heterocycles. The molecule has 1 aliphatic heterocycles. The highest BCUT2D eigenvalue weighted by Crippen LogP contribution is 2.41. The monoisotopic (exact) mass is 384 g/mol. The summed E-state index contributed by atoms with van der Waals surface area (Å²) in [7, 11) is 0. The largest absolute Gasteiger partial charge is 0.490 e. The molecule has 2 unspecified atom stereocenters. The van der Waals surface area contributed by atoms with E-state index in [0.717, 1.165) is 54.9 Å². The van der Waals surface area contributed by atoms with Crippen LogP contribution < -0.4 is 9.47 Å². The molecule has 2 fully saturated rings. The lowest BCUT2D eigenvalue weighted by Gasteiger charge is -2.40. The van der Waals surface area contributed by atoms with Crippen molar-refractivity contribution >= 4 is 11.6 Å². The number of fused-ring (bicyclic) bond motifs is 1. The average Bonchev–Trinajstić information content (AvgIpc) is 3.25. The van der Waals surface area contributed by atoms with Gasteiger partial charge in [0.15, 0.2) is 11.5 Å². The number of carbonyl (C=O) groups is 1. The first-order valence-electron chi connectivity index (χ1n) is 11.0. The third-order valence-corrected chi connectivity index (χ3v) is 6.39. The smallest absolute Gasteiger partial charge is 0.246 e. The predicted octanol–water partition coefficient (Wildman–Crippen LogP) is 4.78. The first kappa shape index (κ1) is 19.3. The van der Waals surface area contributed by atoms with Gasteiger partial charge in [-0.15, -0.1) is 0 Å². The van der Waals surface area contributed by atoms with Crippen molar-refractivity contribution in [3.05, 3.63) is 23.8 Å². The molecule has 0 saturated heterocycles. The number of amides is 1. The van der Waals surface area contributed by atoms with Gasteiger partial charge in [0.25, 0.3) is 0 Å². The number of nitrogens with zero attached hydrogens (tertiary/aromatic N) is 2. The molecule has 1 aromatic carbocycles. The van der Waals surface area contributed by atoms with E-state index in [2.05, 4.69) is 12.1 Å². The second-order valence-electron chi connectivity index (χ2n) is 8.13. The summed E-state index contributed by atoms with van der Waals surface area (Å²) in [4.78, 5) is 13.2. The van der Waals surface area contributed by atoms with Crippen molar-refractivity contribution in [1.29, 1.82) is 0 Å². The molecule has 1 amide bonds. The van der Waals surface area contributed by atoms with E-state index < -0.39 is 0 Å². The summed E-state index contributed by atoms with van der Waals surface area (Å²) in [6, 6.07) is 6.41. The minimum atomic E-state index is 0.0870. The maximum absolute atomic E-state index is 13.2. The van der Waals surface area contributed by atoms with E-state index in [4.69, 9.17) is 14.6 Å². The zero-order valence-electron chi connectivity index (χ0n) is 17.2. The summed E-state index contributed by atoms with van der Waals surface area (Å²) in [6.45, 7) is 5.16. The lowest BCUT2D eigenvalue weighted by molar-refractivity contribution is -0.141. The van der Waals surface area contributed by atoms with Gasteiger partial charge in [0.2, 0.25) is 5.91 Å². The molecule has 152 valence electrons. The number of benzene rings is 1. The Kier molecular flexibility index (Phi) is 5.88. The average molecular weight is 385 g/mol. The third-order valence-electron chi connectivity index (χ3n) is 6.39. The molecule has 0 spiro atoms. The van der Waals surface area contributed by atoms with Crippen LogP contribution in [0.15, 0.2) is 23.3 Å². The standard InChI is InChI=1S/C23H32N2O3/c1-3-27-20-14-13-16(15-21(20)28-4-2)22-18-11-7-8-12-19(18)23(26)25(24-22)17-9-5-6-10-17/h13-15,17-19H,3-12H2,1-2H3. The van der Waals surface area contributed by atoms with Gasteiger partial charge in [-0.3, -0.25) is 4.79 Å². The zero-order chi connectivity index (χ0) is 19.5. The second-order valence-corrected chi connectivity index (χ2v) is 8.13. The normalized spacial score (nSPS) is 25.4. The first-order chi connectivity index (χ1) is 13.7. The number of hydrazone groups is 1. The van der Waals surface area contributed by atoms with Crippen LogP contribution in [0.25, 0.3) is 0 Å². The van der Waals surface area contributed by atoms with E-state index in [1.807, 2.05) is 24.9 Å². The van der Waals surface area contributed by atoms with Crippen LogP contribution in [0.5, 0.6) is 11.5 Å². The van der Waals surface area contributed by atoms with E-state index in [-0.39, 0.29) is 23.8 Å². The maximum atomic E-state index is 13.2. The first-order valence-corrected chi connectivity index (χ1v) is 11.0. The van der Waals surface area contributed by atoms with Crippen molar-refractivity contribution in [2.45, 2.75) is 71.3 Å². The number of hydrogen-bond donors (Lipinski definition) is 0. The predicted molar refractivity (Wildman–Crippen MR) is 110 cm³/mol. The van der Waals surface area contributed by atoms with Gasteiger partial charge < -0.3 is 9.47 Å². The zero-order valence-corrected chi connectivity index (χ0v) is 17.2. The molecule has 0 N–H and O–H groups in total. The topological polar surface area (TPSA) is 51.1 Å². The number of ether oxygens (including phenoxy) is 2. The molecule has 0 radical (unpaired) electrons. The summed E-state index contributed by atoms with van der Waals surface area (Å²) < 4.78 is 11.6. The van der Waals surface area contributed by atoms with E-state index >= 15 is 0 Å². The van der Waals surface area contributed by atoms with Crippen molar-refractivity contribution in [3.63, 3.8) is 0 Å². The van der Waals surface area contributed by atoms with Gasteiger partial charge in [0.1, 0.15) is 0 Å². The fraction of sp³-hybridized carbons (Fsp3) is 0.652. The Balaban J connectivity index is 1.73. The van der Waals surface area contributed by atoms with Gasteiger partial charge >= 0.3 is 0 Å². The van der Waals surface area contributed by atoms with Crippen LogP contribution >= 0.6 is 0 Å². The highest BCUT2D eigenvalue weighted by Gasteiger charge is 2.43. The molecule has 1 heterocycles. The number of carbonyl (C=O) groups excluding carboxylic acids is 1. The van der Waals surface area contributed by atoms with Gasteiger partial charge in [0, 0.05) is 17.4 Å². The Hall–Kier alpha value is -2.04. The molecule has 5 heteroatoms. The SMILES string of the molecule is CCOc1ccc(C2=NN(C3CCCC3)C(=O)C3CCCCC23)cc1OCC. The summed E-state index contributed by atoms with van der Waals surface area (Å²) in [5.74, 6) is 2.11. The van der Waals surface area contributed by atoms with Crippen LogP contribution in [0.3, 0.4) is 0 Å². The quantitative estimate of drug-likeness (QED) is 0.709. The van der Waals surface area contributed by atoms with Crippen molar-refractivity contribution in [3.8, 4) is 11.5 Å². The third kappa shape index (κ3) is 3.63. The Bertz CT molecular complexity index is 739. The molecule has 2 saturated carbocycles. The Morgan fingerprint density at radius 3 is 2.29 bits per heavy atom. The van der Waals surface area contributed by atoms with Crippen molar-refractivity contribution in [1.82, 2.24) is 5.01 Å². The van der Waals surface area contributed by atoms with Gasteiger partial charge in [0.05, 0.1) is 25.0 Å². The Morgan fingerprint density at radius 2 is 1.57 bits per heavy atom. The van der Waals surface area contributed by atoms with Crippen LogP contribution in [0, 0.1) is 11.8 Å². The minimum absolute atomic E-state index is 0.0870. The molecule has 2 aliphatic carbocycles. The van der Waals surface area contributed by atoms with Crippen LogP contribution in [0.1, 0.15) is 70.8 Å². The second kappa shape index (κ2) is 8.54. The van der Waals surface area contributed by atoms with Crippen LogP contribution in [-0.4, -0.2) is 35.9 Å². The van der Waals surface area contributed by atoms with Crippen LogP contribution in [0.4, 0.5) is 0 Å². The van der Waals surface area contributed by atoms with E-state index in [1.165, 1.54) is 19.3 Å². The molecule has 2 atom stereocenters. The fourth-order valence-corrected chi connectivity index (χ4v) is 5.06. The van der Waals surface area contributed by atoms with Crippen LogP contribution in [-0.2, 0) is 4.79 Å².